The molecule has 7 nitrogen and oxygen atoms in total. The molecule has 3 aromatic rings. The third-order valence-electron chi connectivity index (χ3n) is 4.15. The summed E-state index contributed by atoms with van der Waals surface area (Å²) >= 11 is 0. The van der Waals surface area contributed by atoms with Crippen LogP contribution in [0.1, 0.15) is 27.3 Å². The number of amides is 1. The Kier molecular flexibility index (Phi) is 5.47. The lowest BCUT2D eigenvalue weighted by Crippen LogP contribution is -2.38. The van der Waals surface area contributed by atoms with E-state index in [-0.39, 0.29) is 16.4 Å². The smallest absolute Gasteiger partial charge is 0.274 e. The van der Waals surface area contributed by atoms with Crippen LogP contribution in [0.4, 0.5) is 11.6 Å². The molecule has 0 aliphatic heterocycles. The van der Waals surface area contributed by atoms with Crippen molar-refractivity contribution in [3.8, 4) is 0 Å². The normalized spacial score (nSPS) is 11.1. The Morgan fingerprint density at radius 1 is 1.00 bits per heavy atom. The van der Waals surface area contributed by atoms with Crippen LogP contribution in [0, 0.1) is 13.8 Å². The van der Waals surface area contributed by atoms with Gasteiger partial charge in [0.05, 0.1) is 4.90 Å². The molecule has 2 aromatic carbocycles. The van der Waals surface area contributed by atoms with Gasteiger partial charge in [-0.3, -0.25) is 4.79 Å². The summed E-state index contributed by atoms with van der Waals surface area (Å²) in [4.78, 5) is 21.6. The molecule has 0 spiro atoms. The average molecular weight is 408 g/mol. The van der Waals surface area contributed by atoms with Gasteiger partial charge in [0.2, 0.25) is 5.95 Å². The number of carbonyl (C=O) groups is 1. The van der Waals surface area contributed by atoms with Gasteiger partial charge >= 0.3 is 0 Å². The van der Waals surface area contributed by atoms with Gasteiger partial charge in [-0.15, -0.1) is 0 Å². The highest BCUT2D eigenvalue weighted by Gasteiger charge is 2.34. The molecule has 0 saturated heterocycles. The van der Waals surface area contributed by atoms with Gasteiger partial charge in [-0.05, 0) is 61.9 Å². The van der Waals surface area contributed by atoms with Crippen molar-refractivity contribution in [2.24, 2.45) is 0 Å². The Bertz CT molecular complexity index is 1150. The third kappa shape index (κ3) is 4.17. The first-order valence-corrected chi connectivity index (χ1v) is 10.2. The van der Waals surface area contributed by atoms with Crippen molar-refractivity contribution in [1.82, 2.24) is 9.97 Å². The molecular formula is C21H20N4O3S. The van der Waals surface area contributed by atoms with Crippen LogP contribution in [0.15, 0.2) is 66.1 Å². The van der Waals surface area contributed by atoms with Crippen LogP contribution in [-0.2, 0) is 10.0 Å². The fourth-order valence-electron chi connectivity index (χ4n) is 2.73. The zero-order valence-electron chi connectivity index (χ0n) is 16.0. The number of aromatic nitrogens is 2. The van der Waals surface area contributed by atoms with Crippen LogP contribution in [0.2, 0.25) is 0 Å². The first kappa shape index (κ1) is 20.2. The van der Waals surface area contributed by atoms with Crippen molar-refractivity contribution in [2.45, 2.75) is 18.7 Å². The van der Waals surface area contributed by atoms with E-state index in [2.05, 4.69) is 16.5 Å². The molecule has 2 N–H and O–H groups in total. The van der Waals surface area contributed by atoms with Gasteiger partial charge in [-0.1, -0.05) is 24.8 Å². The van der Waals surface area contributed by atoms with Gasteiger partial charge in [0.15, 0.2) is 0 Å². The van der Waals surface area contributed by atoms with E-state index in [0.717, 1.165) is 5.56 Å². The third-order valence-corrected chi connectivity index (χ3v) is 5.83. The fraction of sp³-hybridized carbons (Fsp3) is 0.0952. The molecule has 0 aliphatic carbocycles. The highest BCUT2D eigenvalue weighted by Crippen LogP contribution is 2.25. The van der Waals surface area contributed by atoms with Crippen LogP contribution < -0.4 is 10.0 Å². The summed E-state index contributed by atoms with van der Waals surface area (Å²) in [5.41, 5.74) is 8.14. The second kappa shape index (κ2) is 7.84. The van der Waals surface area contributed by atoms with E-state index in [1.807, 2.05) is 0 Å². The SMILES string of the molecule is C=Cc1ccc(C(=O)N(c2nc(C)cc(C)n2)S(=O)(=O)c2ccc(N)cc2)cc1. The lowest BCUT2D eigenvalue weighted by atomic mass is 10.1. The van der Waals surface area contributed by atoms with Gasteiger partial charge in [0.1, 0.15) is 0 Å². The van der Waals surface area contributed by atoms with Crippen LogP contribution in [0.5, 0.6) is 0 Å². The number of carbonyl (C=O) groups excluding carboxylic acids is 1. The summed E-state index contributed by atoms with van der Waals surface area (Å²) in [6.45, 7) is 7.08. The molecule has 0 bridgehead atoms. The average Bonchev–Trinajstić information content (AvgIpc) is 2.67. The molecule has 0 atom stereocenters. The lowest BCUT2D eigenvalue weighted by molar-refractivity contribution is 0.100. The summed E-state index contributed by atoms with van der Waals surface area (Å²) < 4.78 is 27.4. The molecule has 148 valence electrons. The Balaban J connectivity index is 2.19. The van der Waals surface area contributed by atoms with Crippen LogP contribution in [0.25, 0.3) is 6.08 Å². The molecule has 1 heterocycles. The van der Waals surface area contributed by atoms with E-state index < -0.39 is 15.9 Å². The first-order chi connectivity index (χ1) is 13.7. The maximum atomic E-state index is 13.4. The van der Waals surface area contributed by atoms with Crippen molar-refractivity contribution < 1.29 is 13.2 Å². The molecule has 1 aromatic heterocycles. The lowest BCUT2D eigenvalue weighted by Gasteiger charge is -2.21. The van der Waals surface area contributed by atoms with Crippen LogP contribution >= 0.6 is 0 Å². The minimum Gasteiger partial charge on any atom is -0.399 e. The van der Waals surface area contributed by atoms with Gasteiger partial charge in [-0.25, -0.2) is 18.4 Å². The minimum atomic E-state index is -4.28. The summed E-state index contributed by atoms with van der Waals surface area (Å²) in [7, 11) is -4.28. The first-order valence-electron chi connectivity index (χ1n) is 8.72. The number of hydrogen-bond acceptors (Lipinski definition) is 6. The number of hydrogen-bond donors (Lipinski definition) is 1. The van der Waals surface area contributed by atoms with Gasteiger partial charge in [0, 0.05) is 22.6 Å². The van der Waals surface area contributed by atoms with Crippen LogP contribution in [-0.4, -0.2) is 24.3 Å². The van der Waals surface area contributed by atoms with Crippen molar-refractivity contribution in [1.29, 1.82) is 0 Å². The minimum absolute atomic E-state index is 0.0921. The van der Waals surface area contributed by atoms with Gasteiger partial charge < -0.3 is 5.73 Å². The second-order valence-corrected chi connectivity index (χ2v) is 8.21. The van der Waals surface area contributed by atoms with E-state index in [0.29, 0.717) is 21.4 Å². The van der Waals surface area contributed by atoms with E-state index in [9.17, 15) is 13.2 Å². The number of aryl methyl sites for hydroxylation is 2. The predicted octanol–water partition coefficient (Wildman–Crippen LogP) is 3.35. The molecular weight excluding hydrogens is 388 g/mol. The molecule has 0 radical (unpaired) electrons. The Morgan fingerprint density at radius 2 is 1.55 bits per heavy atom. The molecule has 0 unspecified atom stereocenters. The van der Waals surface area contributed by atoms with Crippen molar-refractivity contribution in [3.05, 3.63) is 83.7 Å². The molecule has 0 aliphatic rings. The maximum absolute atomic E-state index is 13.4. The molecule has 0 saturated carbocycles. The molecule has 29 heavy (non-hydrogen) atoms. The van der Waals surface area contributed by atoms with Crippen molar-refractivity contribution in [2.75, 3.05) is 10.0 Å². The highest BCUT2D eigenvalue weighted by atomic mass is 32.2. The number of nitrogens with two attached hydrogens (primary N) is 1. The van der Waals surface area contributed by atoms with E-state index in [4.69, 9.17) is 5.73 Å². The number of sulfonamides is 1. The Hall–Kier alpha value is -3.52. The highest BCUT2D eigenvalue weighted by molar-refractivity contribution is 7.93. The van der Waals surface area contributed by atoms with E-state index in [1.54, 1.807) is 38.1 Å². The maximum Gasteiger partial charge on any atom is 0.274 e. The van der Waals surface area contributed by atoms with Crippen molar-refractivity contribution in [3.63, 3.8) is 0 Å². The van der Waals surface area contributed by atoms with Crippen molar-refractivity contribution >= 4 is 33.6 Å². The summed E-state index contributed by atoms with van der Waals surface area (Å²) in [6, 6.07) is 13.7. The van der Waals surface area contributed by atoms with E-state index >= 15 is 0 Å². The fourth-order valence-corrected chi connectivity index (χ4v) is 4.04. The van der Waals surface area contributed by atoms with E-state index in [1.165, 1.54) is 36.4 Å². The number of nitrogens with zero attached hydrogens (tertiary/aromatic N) is 3. The summed E-state index contributed by atoms with van der Waals surface area (Å²) in [6.07, 6.45) is 1.63. The molecule has 3 rings (SSSR count). The van der Waals surface area contributed by atoms with Gasteiger partial charge in [0.25, 0.3) is 15.9 Å². The summed E-state index contributed by atoms with van der Waals surface area (Å²) in [5, 5.41) is 0. The number of rotatable bonds is 5. The predicted molar refractivity (Wildman–Crippen MR) is 113 cm³/mol. The second-order valence-electron chi connectivity index (χ2n) is 6.42. The molecule has 0 fully saturated rings. The zero-order chi connectivity index (χ0) is 21.2. The molecule has 1 amide bonds. The molecule has 8 heteroatoms. The zero-order valence-corrected chi connectivity index (χ0v) is 16.8. The Labute approximate surface area is 169 Å². The number of nitrogen functional groups attached to an aromatic ring is 1. The topological polar surface area (TPSA) is 106 Å². The Morgan fingerprint density at radius 3 is 2.07 bits per heavy atom. The summed E-state index contributed by atoms with van der Waals surface area (Å²) in [5.74, 6) is -0.973. The number of anilines is 2. The monoisotopic (exact) mass is 408 g/mol. The quantitative estimate of drug-likeness (QED) is 0.649. The standard InChI is InChI=1S/C21H20N4O3S/c1-4-16-5-7-17(8-6-16)20(26)25(21-23-14(2)13-15(3)24-21)29(27,28)19-11-9-18(22)10-12-19/h4-13H,1,22H2,2-3H3. The number of benzene rings is 2. The largest absolute Gasteiger partial charge is 0.399 e. The van der Waals surface area contributed by atoms with Crippen LogP contribution in [0.3, 0.4) is 0 Å². The van der Waals surface area contributed by atoms with Gasteiger partial charge in [-0.2, -0.15) is 4.31 Å².